The van der Waals surface area contributed by atoms with Gasteiger partial charge in [-0.25, -0.2) is 0 Å². The number of methoxy groups -OCH3 is 2. The molecule has 1 saturated heterocycles. The van der Waals surface area contributed by atoms with Gasteiger partial charge >= 0.3 is 0 Å². The normalized spacial score (nSPS) is 18.9. The molecule has 0 radical (unpaired) electrons. The van der Waals surface area contributed by atoms with Crippen molar-refractivity contribution in [2.24, 2.45) is 23.7 Å². The van der Waals surface area contributed by atoms with Crippen LogP contribution in [0, 0.1) is 23.7 Å². The molecule has 2 aromatic rings. The molecule has 2 heterocycles. The summed E-state index contributed by atoms with van der Waals surface area (Å²) in [5.74, 6) is 0.0118. The first kappa shape index (κ1) is 44.3. The van der Waals surface area contributed by atoms with Gasteiger partial charge in [0.05, 0.1) is 48.2 Å². The maximum atomic E-state index is 14.2. The summed E-state index contributed by atoms with van der Waals surface area (Å²) in [4.78, 5) is 52.1. The lowest BCUT2D eigenvalue weighted by molar-refractivity contribution is -0.147. The minimum Gasteiger partial charge on any atom is -0.379 e. The summed E-state index contributed by atoms with van der Waals surface area (Å²) in [5.41, 5.74) is 2.08. The van der Waals surface area contributed by atoms with Crippen molar-refractivity contribution in [1.29, 1.82) is 0 Å². The maximum absolute atomic E-state index is 14.2. The number of nitrogens with zero attached hydrogens (tertiary/aromatic N) is 4. The Balaban J connectivity index is 1.69. The molecule has 0 saturated carbocycles. The highest BCUT2D eigenvalue weighted by Gasteiger charge is 2.42. The SMILES string of the molecule is CC[C@H](C)C([C@@H](CC(=O)N1CCC[C@H]1[C@H](OC)[C@@H](C)C(=O)NCCc1ccc2ncccc2c1)OC)N(C)C(=O)[C@@H](NC[C@H](C(C)C)N(C)C)C(C)C. The van der Waals surface area contributed by atoms with E-state index in [9.17, 15) is 14.4 Å². The van der Waals surface area contributed by atoms with Gasteiger partial charge in [0.2, 0.25) is 17.7 Å². The lowest BCUT2D eigenvalue weighted by Gasteiger charge is -2.41. The number of ether oxygens (including phenoxy) is 2. The average Bonchev–Trinajstić information content (AvgIpc) is 3.62. The summed E-state index contributed by atoms with van der Waals surface area (Å²) < 4.78 is 12.1. The van der Waals surface area contributed by atoms with Gasteiger partial charge < -0.3 is 34.8 Å². The van der Waals surface area contributed by atoms with E-state index < -0.39 is 18.1 Å². The van der Waals surface area contributed by atoms with E-state index in [1.807, 2.05) is 48.0 Å². The van der Waals surface area contributed by atoms with Gasteiger partial charge in [-0.3, -0.25) is 19.4 Å². The lowest BCUT2D eigenvalue weighted by Crippen LogP contribution is -2.58. The Morgan fingerprint density at radius 1 is 1.00 bits per heavy atom. The standard InChI is InChI=1S/C42H70N6O5/c1-13-29(6)39(47(10)42(51)38(28(4)5)45-26-35(27(2)3)46(8)9)36(52-11)25-37(49)48-23-15-17-34(48)40(53-12)30(7)41(50)44-22-20-31-18-19-33-32(24-31)16-14-21-43-33/h14,16,18-19,21,24,27-30,34-36,38-40,45H,13,15,17,20,22-23,25-26H2,1-12H3,(H,44,50)/t29-,30+,34-,35+,36+,38-,39?,40+/m0/s1. The third-order valence-corrected chi connectivity index (χ3v) is 11.6. The lowest BCUT2D eigenvalue weighted by atomic mass is 9.89. The number of fused-ring (bicyclic) bond motifs is 1. The van der Waals surface area contributed by atoms with Gasteiger partial charge in [-0.2, -0.15) is 0 Å². The van der Waals surface area contributed by atoms with Crippen LogP contribution in [0.2, 0.25) is 0 Å². The van der Waals surface area contributed by atoms with E-state index in [1.165, 1.54) is 0 Å². The van der Waals surface area contributed by atoms with Gasteiger partial charge in [-0.05, 0) is 74.9 Å². The summed E-state index contributed by atoms with van der Waals surface area (Å²) in [6, 6.07) is 9.50. The Morgan fingerprint density at radius 2 is 1.72 bits per heavy atom. The van der Waals surface area contributed by atoms with Crippen molar-refractivity contribution in [2.75, 3.05) is 55.0 Å². The van der Waals surface area contributed by atoms with E-state index in [-0.39, 0.29) is 60.1 Å². The molecular weight excluding hydrogens is 668 g/mol. The predicted molar refractivity (Wildman–Crippen MR) is 214 cm³/mol. The number of carbonyl (C=O) groups excluding carboxylic acids is 3. The predicted octanol–water partition coefficient (Wildman–Crippen LogP) is 5.01. The minimum atomic E-state index is -0.502. The molecule has 1 aromatic carbocycles. The first-order valence-corrected chi connectivity index (χ1v) is 19.8. The smallest absolute Gasteiger partial charge is 0.240 e. The summed E-state index contributed by atoms with van der Waals surface area (Å²) >= 11 is 0. The van der Waals surface area contributed by atoms with Crippen molar-refractivity contribution >= 4 is 28.6 Å². The number of aromatic nitrogens is 1. The van der Waals surface area contributed by atoms with Crippen LogP contribution in [0.4, 0.5) is 0 Å². The van der Waals surface area contributed by atoms with Crippen molar-refractivity contribution < 1.29 is 23.9 Å². The van der Waals surface area contributed by atoms with Crippen molar-refractivity contribution in [2.45, 2.75) is 117 Å². The topological polar surface area (TPSA) is 116 Å². The van der Waals surface area contributed by atoms with Gasteiger partial charge in [-0.15, -0.1) is 0 Å². The third kappa shape index (κ3) is 11.7. The quantitative estimate of drug-likeness (QED) is 0.184. The number of rotatable bonds is 21. The molecule has 0 spiro atoms. The molecule has 298 valence electrons. The molecular formula is C42H70N6O5. The van der Waals surface area contributed by atoms with E-state index in [2.05, 4.69) is 82.2 Å². The van der Waals surface area contributed by atoms with Crippen LogP contribution in [0.3, 0.4) is 0 Å². The highest BCUT2D eigenvalue weighted by atomic mass is 16.5. The van der Waals surface area contributed by atoms with Crippen LogP contribution in [0.15, 0.2) is 36.5 Å². The highest BCUT2D eigenvalue weighted by Crippen LogP contribution is 2.29. The molecule has 11 heteroatoms. The molecule has 1 fully saturated rings. The number of hydrogen-bond acceptors (Lipinski definition) is 8. The van der Waals surface area contributed by atoms with Gasteiger partial charge in [0.15, 0.2) is 0 Å². The van der Waals surface area contributed by atoms with Gasteiger partial charge in [0.1, 0.15) is 0 Å². The monoisotopic (exact) mass is 739 g/mol. The van der Waals surface area contributed by atoms with Gasteiger partial charge in [0.25, 0.3) is 0 Å². The van der Waals surface area contributed by atoms with Crippen molar-refractivity contribution in [3.05, 3.63) is 42.1 Å². The van der Waals surface area contributed by atoms with Crippen LogP contribution in [0.25, 0.3) is 10.9 Å². The first-order chi connectivity index (χ1) is 25.2. The zero-order valence-corrected chi connectivity index (χ0v) is 34.7. The van der Waals surface area contributed by atoms with E-state index in [0.717, 1.165) is 35.7 Å². The van der Waals surface area contributed by atoms with E-state index in [0.29, 0.717) is 32.0 Å². The minimum absolute atomic E-state index is 0.0111. The number of likely N-dealkylation sites (N-methyl/N-ethyl adjacent to an activating group) is 2. The Hall–Kier alpha value is -3.12. The fraction of sp³-hybridized carbons (Fsp3) is 0.714. The number of amides is 3. The molecule has 2 N–H and O–H groups in total. The fourth-order valence-electron chi connectivity index (χ4n) is 8.17. The Kier molecular flexibility index (Phi) is 17.6. The number of pyridine rings is 1. The molecule has 8 atom stereocenters. The van der Waals surface area contributed by atoms with E-state index in [4.69, 9.17) is 9.47 Å². The molecule has 0 bridgehead atoms. The Bertz CT molecular complexity index is 1440. The Labute approximate surface area is 319 Å². The van der Waals surface area contributed by atoms with E-state index in [1.54, 1.807) is 20.4 Å². The molecule has 0 aliphatic carbocycles. The highest BCUT2D eigenvalue weighted by molar-refractivity contribution is 5.83. The number of nitrogens with one attached hydrogen (secondary N) is 2. The molecule has 1 aliphatic rings. The first-order valence-electron chi connectivity index (χ1n) is 19.8. The summed E-state index contributed by atoms with van der Waals surface area (Å²) in [6.07, 6.45) is 4.07. The molecule has 1 unspecified atom stereocenters. The van der Waals surface area contributed by atoms with Crippen molar-refractivity contribution in [3.8, 4) is 0 Å². The molecule has 1 aromatic heterocycles. The maximum Gasteiger partial charge on any atom is 0.240 e. The van der Waals surface area contributed by atoms with Crippen LogP contribution < -0.4 is 10.6 Å². The average molecular weight is 739 g/mol. The summed E-state index contributed by atoms with van der Waals surface area (Å²) in [5, 5.41) is 7.77. The van der Waals surface area contributed by atoms with Crippen LogP contribution in [-0.2, 0) is 30.3 Å². The fourth-order valence-corrected chi connectivity index (χ4v) is 8.17. The molecule has 1 aliphatic heterocycles. The molecule has 53 heavy (non-hydrogen) atoms. The Morgan fingerprint density at radius 3 is 2.32 bits per heavy atom. The number of benzene rings is 1. The van der Waals surface area contributed by atoms with Crippen LogP contribution in [-0.4, -0.2) is 129 Å². The third-order valence-electron chi connectivity index (χ3n) is 11.6. The van der Waals surface area contributed by atoms with Crippen molar-refractivity contribution in [3.63, 3.8) is 0 Å². The van der Waals surface area contributed by atoms with Crippen LogP contribution >= 0.6 is 0 Å². The van der Waals surface area contributed by atoms with Gasteiger partial charge in [-0.1, -0.05) is 67.0 Å². The second-order valence-corrected chi connectivity index (χ2v) is 16.1. The second kappa shape index (κ2) is 21.1. The molecule has 11 nitrogen and oxygen atoms in total. The number of likely N-dealkylation sites (tertiary alicyclic amines) is 1. The van der Waals surface area contributed by atoms with Crippen LogP contribution in [0.1, 0.15) is 79.7 Å². The van der Waals surface area contributed by atoms with Crippen molar-refractivity contribution in [1.82, 2.24) is 30.3 Å². The second-order valence-electron chi connectivity index (χ2n) is 16.1. The van der Waals surface area contributed by atoms with E-state index >= 15 is 0 Å². The van der Waals surface area contributed by atoms with Gasteiger partial charge in [0, 0.05) is 58.5 Å². The largest absolute Gasteiger partial charge is 0.379 e. The summed E-state index contributed by atoms with van der Waals surface area (Å²) in [6.45, 7) is 16.4. The number of carbonyl (C=O) groups is 3. The zero-order valence-electron chi connectivity index (χ0n) is 34.7. The molecule has 3 amide bonds. The number of hydrogen-bond donors (Lipinski definition) is 2. The zero-order chi connectivity index (χ0) is 39.4. The molecule has 3 rings (SSSR count). The summed E-state index contributed by atoms with van der Waals surface area (Å²) in [7, 11) is 9.26. The van der Waals surface area contributed by atoms with Crippen LogP contribution in [0.5, 0.6) is 0 Å².